The molecule has 0 spiro atoms. The molecular formula is C33H37FN4O2. The first-order valence-electron chi connectivity index (χ1n) is 14.4. The Morgan fingerprint density at radius 1 is 0.975 bits per heavy atom. The van der Waals surface area contributed by atoms with Gasteiger partial charge in [-0.25, -0.2) is 9.37 Å². The van der Waals surface area contributed by atoms with Crippen molar-refractivity contribution in [2.45, 2.75) is 45.3 Å². The van der Waals surface area contributed by atoms with Gasteiger partial charge in [0.05, 0.1) is 17.5 Å². The number of rotatable bonds is 6. The van der Waals surface area contributed by atoms with Crippen LogP contribution in [0, 0.1) is 18.7 Å². The number of benzene rings is 2. The molecule has 2 aliphatic rings. The number of amides is 1. The second kappa shape index (κ2) is 11.5. The van der Waals surface area contributed by atoms with Gasteiger partial charge < -0.3 is 14.0 Å². The van der Waals surface area contributed by atoms with Gasteiger partial charge in [-0.3, -0.25) is 9.69 Å². The summed E-state index contributed by atoms with van der Waals surface area (Å²) in [6.45, 7) is 5.86. The summed E-state index contributed by atoms with van der Waals surface area (Å²) in [4.78, 5) is 22.7. The van der Waals surface area contributed by atoms with Gasteiger partial charge in [0.25, 0.3) is 0 Å². The zero-order valence-electron chi connectivity index (χ0n) is 23.4. The number of halogens is 1. The second-order valence-electron chi connectivity index (χ2n) is 11.3. The first-order valence-corrected chi connectivity index (χ1v) is 14.4. The lowest BCUT2D eigenvalue weighted by molar-refractivity contribution is -0.140. The predicted molar refractivity (Wildman–Crippen MR) is 155 cm³/mol. The fourth-order valence-corrected chi connectivity index (χ4v) is 6.26. The Morgan fingerprint density at radius 3 is 2.50 bits per heavy atom. The summed E-state index contributed by atoms with van der Waals surface area (Å²) >= 11 is 0. The second-order valence-corrected chi connectivity index (χ2v) is 11.3. The van der Waals surface area contributed by atoms with Crippen LogP contribution in [-0.2, 0) is 16.1 Å². The first-order chi connectivity index (χ1) is 19.5. The Hall–Kier alpha value is -3.55. The molecule has 4 aromatic rings. The average molecular weight is 541 g/mol. The number of ether oxygens (including phenoxy) is 1. The van der Waals surface area contributed by atoms with Gasteiger partial charge in [-0.05, 0) is 73.7 Å². The fourth-order valence-electron chi connectivity index (χ4n) is 6.26. The van der Waals surface area contributed by atoms with Crippen LogP contribution in [0.4, 0.5) is 4.39 Å². The van der Waals surface area contributed by atoms with Crippen molar-refractivity contribution in [3.8, 4) is 22.4 Å². The van der Waals surface area contributed by atoms with Crippen LogP contribution in [0.3, 0.4) is 0 Å². The molecule has 0 radical (unpaired) electrons. The van der Waals surface area contributed by atoms with Crippen LogP contribution in [0.2, 0.25) is 0 Å². The molecule has 6 rings (SSSR count). The number of pyridine rings is 1. The van der Waals surface area contributed by atoms with E-state index >= 15 is 0 Å². The maximum absolute atomic E-state index is 13.8. The highest BCUT2D eigenvalue weighted by Gasteiger charge is 2.32. The van der Waals surface area contributed by atoms with Crippen molar-refractivity contribution in [3.63, 3.8) is 0 Å². The smallest absolute Gasteiger partial charge is 0.225 e. The maximum Gasteiger partial charge on any atom is 0.225 e. The number of piperazine rings is 1. The number of hydrogen-bond donors (Lipinski definition) is 0. The van der Waals surface area contributed by atoms with E-state index in [4.69, 9.17) is 9.72 Å². The van der Waals surface area contributed by atoms with Crippen LogP contribution in [0.1, 0.15) is 36.9 Å². The van der Waals surface area contributed by atoms with Crippen molar-refractivity contribution in [3.05, 3.63) is 83.9 Å². The molecule has 1 aliphatic heterocycles. The van der Waals surface area contributed by atoms with Gasteiger partial charge in [0.15, 0.2) is 0 Å². The first kappa shape index (κ1) is 26.7. The summed E-state index contributed by atoms with van der Waals surface area (Å²) in [7, 11) is 1.75. The van der Waals surface area contributed by atoms with Crippen molar-refractivity contribution in [1.29, 1.82) is 0 Å². The third-order valence-electron chi connectivity index (χ3n) is 8.55. The van der Waals surface area contributed by atoms with Crippen molar-refractivity contribution >= 4 is 11.6 Å². The van der Waals surface area contributed by atoms with Gasteiger partial charge in [-0.15, -0.1) is 0 Å². The summed E-state index contributed by atoms with van der Waals surface area (Å²) in [6, 6.07) is 19.3. The molecule has 0 bridgehead atoms. The van der Waals surface area contributed by atoms with Gasteiger partial charge in [-0.1, -0.05) is 36.2 Å². The van der Waals surface area contributed by atoms with E-state index in [2.05, 4.69) is 58.8 Å². The summed E-state index contributed by atoms with van der Waals surface area (Å²) in [5.74, 6) is 0.103. The molecule has 2 aromatic heterocycles. The molecular weight excluding hydrogens is 503 g/mol. The van der Waals surface area contributed by atoms with Crippen molar-refractivity contribution in [1.82, 2.24) is 19.2 Å². The summed E-state index contributed by atoms with van der Waals surface area (Å²) in [6.07, 6.45) is 6.27. The number of fused-ring (bicyclic) bond motifs is 1. The number of methoxy groups -OCH3 is 1. The predicted octanol–water partition coefficient (Wildman–Crippen LogP) is 5.97. The lowest BCUT2D eigenvalue weighted by Gasteiger charge is -2.38. The van der Waals surface area contributed by atoms with Crippen LogP contribution in [-0.4, -0.2) is 64.5 Å². The molecule has 0 N–H and O–H groups in total. The molecule has 7 heteroatoms. The van der Waals surface area contributed by atoms with E-state index in [9.17, 15) is 9.18 Å². The fraction of sp³-hybridized carbons (Fsp3) is 0.394. The van der Waals surface area contributed by atoms with Gasteiger partial charge in [0, 0.05) is 57.5 Å². The van der Waals surface area contributed by atoms with Gasteiger partial charge in [0.1, 0.15) is 11.5 Å². The minimum Gasteiger partial charge on any atom is -0.381 e. The highest BCUT2D eigenvalue weighted by Crippen LogP contribution is 2.30. The zero-order chi connectivity index (χ0) is 27.6. The molecule has 1 saturated heterocycles. The topological polar surface area (TPSA) is 50.1 Å². The number of carbonyl (C=O) groups excluding carboxylic acids is 1. The Kier molecular flexibility index (Phi) is 7.67. The number of aryl methyl sites for hydroxylation is 1. The quantitative estimate of drug-likeness (QED) is 0.303. The molecule has 2 aromatic carbocycles. The largest absolute Gasteiger partial charge is 0.381 e. The number of hydrogen-bond acceptors (Lipinski definition) is 4. The number of carbonyl (C=O) groups is 1. The van der Waals surface area contributed by atoms with Gasteiger partial charge >= 0.3 is 0 Å². The van der Waals surface area contributed by atoms with Gasteiger partial charge in [-0.2, -0.15) is 0 Å². The normalized spacial score (nSPS) is 20.2. The van der Waals surface area contributed by atoms with E-state index in [0.29, 0.717) is 6.54 Å². The third kappa shape index (κ3) is 5.54. The highest BCUT2D eigenvalue weighted by molar-refractivity contribution is 5.79. The molecule has 1 aliphatic carbocycles. The summed E-state index contributed by atoms with van der Waals surface area (Å²) < 4.78 is 21.5. The lowest BCUT2D eigenvalue weighted by Crippen LogP contribution is -2.50. The number of nitrogens with zero attached hydrogens (tertiary/aromatic N) is 4. The molecule has 1 saturated carbocycles. The maximum atomic E-state index is 13.8. The molecule has 3 heterocycles. The van der Waals surface area contributed by atoms with E-state index in [1.165, 1.54) is 17.7 Å². The van der Waals surface area contributed by atoms with Gasteiger partial charge in [0.2, 0.25) is 5.91 Å². The van der Waals surface area contributed by atoms with Crippen molar-refractivity contribution in [2.24, 2.45) is 5.92 Å². The minimum atomic E-state index is -0.258. The van der Waals surface area contributed by atoms with Crippen molar-refractivity contribution < 1.29 is 13.9 Å². The Morgan fingerprint density at radius 2 is 1.75 bits per heavy atom. The van der Waals surface area contributed by atoms with E-state index in [-0.39, 0.29) is 23.7 Å². The van der Waals surface area contributed by atoms with Crippen LogP contribution in [0.15, 0.2) is 66.9 Å². The Bertz CT molecular complexity index is 1490. The molecule has 1 amide bonds. The standard InChI is InChI=1S/C33H37FN4O2/c1-23-5-3-6-25(19-23)27-11-14-31-35-32(24-9-12-28(34)13-10-24)30(38(31)21-27)22-36-15-17-37(18-16-36)33(39)26-7-4-8-29(20-26)40-2/h3,5-6,9-14,19,21,26,29H,4,7-8,15-18,20,22H2,1-2H3. The molecule has 6 nitrogen and oxygen atoms in total. The van der Waals surface area contributed by atoms with Crippen LogP contribution < -0.4 is 0 Å². The summed E-state index contributed by atoms with van der Waals surface area (Å²) in [5.41, 5.74) is 7.21. The van der Waals surface area contributed by atoms with Crippen molar-refractivity contribution in [2.75, 3.05) is 33.3 Å². The Labute approximate surface area is 235 Å². The van der Waals surface area contributed by atoms with Crippen LogP contribution in [0.5, 0.6) is 0 Å². The SMILES string of the molecule is COC1CCCC(C(=O)N2CCN(Cc3c(-c4ccc(F)cc4)nc4ccc(-c5cccc(C)c5)cn34)CC2)C1. The third-order valence-corrected chi connectivity index (χ3v) is 8.55. The van der Waals surface area contributed by atoms with E-state index < -0.39 is 0 Å². The zero-order valence-corrected chi connectivity index (χ0v) is 23.4. The van der Waals surface area contributed by atoms with E-state index in [1.807, 2.05) is 4.90 Å². The molecule has 40 heavy (non-hydrogen) atoms. The highest BCUT2D eigenvalue weighted by atomic mass is 19.1. The monoisotopic (exact) mass is 540 g/mol. The van der Waals surface area contributed by atoms with Crippen LogP contribution in [0.25, 0.3) is 28.0 Å². The average Bonchev–Trinajstić information content (AvgIpc) is 3.35. The molecule has 208 valence electrons. The van der Waals surface area contributed by atoms with E-state index in [0.717, 1.165) is 85.6 Å². The van der Waals surface area contributed by atoms with Crippen LogP contribution >= 0.6 is 0 Å². The summed E-state index contributed by atoms with van der Waals surface area (Å²) in [5, 5.41) is 0. The molecule has 2 atom stereocenters. The lowest BCUT2D eigenvalue weighted by atomic mass is 9.86. The Balaban J connectivity index is 1.25. The number of imidazole rings is 1. The minimum absolute atomic E-state index is 0.0779. The molecule has 2 unspecified atom stereocenters. The van der Waals surface area contributed by atoms with E-state index in [1.54, 1.807) is 19.2 Å². The molecule has 2 fully saturated rings. The number of aromatic nitrogens is 2.